The highest BCUT2D eigenvalue weighted by molar-refractivity contribution is 6.34. The molecule has 6 nitrogen and oxygen atoms in total. The normalized spacial score (nSPS) is 17.9. The summed E-state index contributed by atoms with van der Waals surface area (Å²) in [5.41, 5.74) is -3.57. The van der Waals surface area contributed by atoms with Crippen molar-refractivity contribution in [3.8, 4) is 5.75 Å². The van der Waals surface area contributed by atoms with E-state index >= 15 is 0 Å². The third-order valence-corrected chi connectivity index (χ3v) is 7.99. The van der Waals surface area contributed by atoms with E-state index < -0.39 is 23.2 Å². The molecule has 2 amide bonds. The van der Waals surface area contributed by atoms with Crippen LogP contribution in [0, 0.1) is 5.92 Å². The molecule has 0 spiro atoms. The third kappa shape index (κ3) is 6.69. The predicted octanol–water partition coefficient (Wildman–Crippen LogP) is 5.81. The van der Waals surface area contributed by atoms with Gasteiger partial charge in [-0.15, -0.1) is 0 Å². The number of unbranched alkanes of at least 4 members (excludes halogenated alkanes) is 1. The van der Waals surface area contributed by atoms with Crippen LogP contribution >= 0.6 is 11.6 Å². The number of hydrogen-bond donors (Lipinski definition) is 1. The summed E-state index contributed by atoms with van der Waals surface area (Å²) in [6.07, 6.45) is 0.591. The van der Waals surface area contributed by atoms with E-state index in [2.05, 4.69) is 0 Å². The number of likely N-dealkylation sites (tertiary alicyclic amines) is 1. The molecule has 0 bridgehead atoms. The molecule has 212 valence electrons. The molecule has 0 radical (unpaired) electrons. The van der Waals surface area contributed by atoms with Crippen molar-refractivity contribution < 1.29 is 32.6 Å². The minimum Gasteiger partial charge on any atom is -0.494 e. The number of ether oxygens (including phenoxy) is 1. The number of carbonyl (C=O) groups excluding carboxylic acids is 2. The van der Waals surface area contributed by atoms with Gasteiger partial charge in [0.05, 0.1) is 17.2 Å². The Morgan fingerprint density at radius 3 is 2.31 bits per heavy atom. The molecule has 1 aliphatic heterocycles. The number of amides is 2. The zero-order valence-corrected chi connectivity index (χ0v) is 22.7. The van der Waals surface area contributed by atoms with Crippen LogP contribution in [0.2, 0.25) is 5.02 Å². The van der Waals surface area contributed by atoms with Gasteiger partial charge in [-0.3, -0.25) is 9.59 Å². The Morgan fingerprint density at radius 2 is 1.72 bits per heavy atom. The highest BCUT2D eigenvalue weighted by Crippen LogP contribution is 2.41. The van der Waals surface area contributed by atoms with Crippen molar-refractivity contribution in [2.45, 2.75) is 62.8 Å². The average Bonchev–Trinajstić information content (AvgIpc) is 3.77. The Morgan fingerprint density at radius 1 is 1.05 bits per heavy atom. The van der Waals surface area contributed by atoms with Crippen LogP contribution in [0.1, 0.15) is 60.9 Å². The van der Waals surface area contributed by atoms with Crippen LogP contribution in [0.25, 0.3) is 0 Å². The molecular formula is C29H34ClF3N2O4. The van der Waals surface area contributed by atoms with Crippen LogP contribution in [0.4, 0.5) is 13.2 Å². The first-order valence-electron chi connectivity index (χ1n) is 13.4. The number of piperidine rings is 1. The van der Waals surface area contributed by atoms with E-state index in [-0.39, 0.29) is 24.9 Å². The molecule has 1 N–H and O–H groups in total. The van der Waals surface area contributed by atoms with E-state index in [1.807, 2.05) is 0 Å². The second kappa shape index (κ2) is 12.2. The monoisotopic (exact) mass is 566 g/mol. The summed E-state index contributed by atoms with van der Waals surface area (Å²) in [7, 11) is 1.79. The van der Waals surface area contributed by atoms with Crippen molar-refractivity contribution in [2.24, 2.45) is 5.92 Å². The Hall–Kier alpha value is -2.78. The van der Waals surface area contributed by atoms with Gasteiger partial charge in [-0.25, -0.2) is 0 Å². The number of nitrogens with zero attached hydrogens (tertiary/aromatic N) is 2. The maximum atomic E-state index is 13.8. The highest BCUT2D eigenvalue weighted by Gasteiger charge is 2.62. The number of benzene rings is 2. The molecule has 1 aliphatic carbocycles. The smallest absolute Gasteiger partial charge is 0.430 e. The number of halogens is 4. The third-order valence-electron chi connectivity index (χ3n) is 7.67. The van der Waals surface area contributed by atoms with Gasteiger partial charge in [0.1, 0.15) is 5.75 Å². The zero-order valence-electron chi connectivity index (χ0n) is 21.9. The largest absolute Gasteiger partial charge is 0.494 e. The SMILES string of the molecule is CN(C(=O)c1ccc(OCCCCC2CCN(C(=O)[C@](O)(c3ccccc3)C(F)(F)F)CC2)cc1Cl)C1CC1. The molecule has 1 saturated carbocycles. The van der Waals surface area contributed by atoms with Gasteiger partial charge in [0, 0.05) is 31.7 Å². The molecule has 4 rings (SSSR count). The van der Waals surface area contributed by atoms with Crippen molar-refractivity contribution in [3.63, 3.8) is 0 Å². The van der Waals surface area contributed by atoms with Crippen LogP contribution in [0.3, 0.4) is 0 Å². The minimum absolute atomic E-state index is 0.0926. The summed E-state index contributed by atoms with van der Waals surface area (Å²) in [6.45, 7) is 0.814. The van der Waals surface area contributed by atoms with E-state index in [0.717, 1.165) is 49.1 Å². The number of hydrogen-bond acceptors (Lipinski definition) is 4. The van der Waals surface area contributed by atoms with Crippen molar-refractivity contribution >= 4 is 23.4 Å². The van der Waals surface area contributed by atoms with Gasteiger partial charge >= 0.3 is 6.18 Å². The van der Waals surface area contributed by atoms with E-state index in [1.54, 1.807) is 30.1 Å². The average molecular weight is 567 g/mol. The fourth-order valence-electron chi connectivity index (χ4n) is 5.04. The summed E-state index contributed by atoms with van der Waals surface area (Å²) in [5.74, 6) is -0.537. The second-order valence-electron chi connectivity index (χ2n) is 10.4. The summed E-state index contributed by atoms with van der Waals surface area (Å²) < 4.78 is 47.3. The van der Waals surface area contributed by atoms with Gasteiger partial charge in [0.15, 0.2) is 0 Å². The standard InChI is InChI=1S/C29H34ClF3N2O4/c1-34(22-10-11-22)26(36)24-13-12-23(19-25(24)30)39-18-6-5-7-20-14-16-35(17-15-20)27(37)28(38,29(31,32)33)21-8-3-2-4-9-21/h2-4,8-9,12-13,19-20,22,38H,5-7,10-11,14-18H2,1H3/t28-/m1/s1. The number of aliphatic hydroxyl groups is 1. The summed E-state index contributed by atoms with van der Waals surface area (Å²) in [4.78, 5) is 28.3. The molecule has 0 unspecified atom stereocenters. The van der Waals surface area contributed by atoms with E-state index in [9.17, 15) is 27.9 Å². The molecule has 2 aliphatic rings. The molecule has 1 heterocycles. The van der Waals surface area contributed by atoms with Gasteiger partial charge in [-0.05, 0) is 62.6 Å². The topological polar surface area (TPSA) is 70.1 Å². The Bertz CT molecular complexity index is 1150. The van der Waals surface area contributed by atoms with Gasteiger partial charge in [-0.2, -0.15) is 13.2 Å². The molecule has 1 saturated heterocycles. The second-order valence-corrected chi connectivity index (χ2v) is 10.9. The molecule has 2 aromatic rings. The molecule has 10 heteroatoms. The molecule has 2 fully saturated rings. The maximum absolute atomic E-state index is 13.8. The number of rotatable bonds is 10. The molecular weight excluding hydrogens is 533 g/mol. The highest BCUT2D eigenvalue weighted by atomic mass is 35.5. The lowest BCUT2D eigenvalue weighted by Crippen LogP contribution is -2.57. The maximum Gasteiger partial charge on any atom is 0.430 e. The Balaban J connectivity index is 1.19. The first-order valence-corrected chi connectivity index (χ1v) is 13.7. The molecule has 2 aromatic carbocycles. The van der Waals surface area contributed by atoms with Gasteiger partial charge < -0.3 is 19.6 Å². The molecule has 1 atom stereocenters. The quantitative estimate of drug-likeness (QED) is 0.368. The fourth-order valence-corrected chi connectivity index (χ4v) is 5.29. The number of alkyl halides is 3. The molecule has 0 aromatic heterocycles. The minimum atomic E-state index is -5.13. The lowest BCUT2D eigenvalue weighted by atomic mass is 9.88. The first-order chi connectivity index (χ1) is 18.5. The lowest BCUT2D eigenvalue weighted by Gasteiger charge is -2.38. The van der Waals surface area contributed by atoms with Crippen LogP contribution in [-0.2, 0) is 10.4 Å². The van der Waals surface area contributed by atoms with E-state index in [0.29, 0.717) is 41.8 Å². The van der Waals surface area contributed by atoms with Crippen LogP contribution in [0.15, 0.2) is 48.5 Å². The Kier molecular flexibility index (Phi) is 9.11. The summed E-state index contributed by atoms with van der Waals surface area (Å²) >= 11 is 6.32. The molecule has 39 heavy (non-hydrogen) atoms. The Labute approximate surface area is 231 Å². The predicted molar refractivity (Wildman–Crippen MR) is 142 cm³/mol. The van der Waals surface area contributed by atoms with Crippen molar-refractivity contribution in [1.29, 1.82) is 0 Å². The summed E-state index contributed by atoms with van der Waals surface area (Å²) in [5, 5.41) is 10.9. The summed E-state index contributed by atoms with van der Waals surface area (Å²) in [6, 6.07) is 11.9. The van der Waals surface area contributed by atoms with Crippen LogP contribution in [0.5, 0.6) is 5.75 Å². The van der Waals surface area contributed by atoms with Crippen LogP contribution in [-0.4, -0.2) is 65.7 Å². The van der Waals surface area contributed by atoms with Crippen molar-refractivity contribution in [2.75, 3.05) is 26.7 Å². The van der Waals surface area contributed by atoms with Crippen molar-refractivity contribution in [3.05, 3.63) is 64.7 Å². The van der Waals surface area contributed by atoms with Gasteiger partial charge in [-0.1, -0.05) is 48.4 Å². The number of carbonyl (C=O) groups is 2. The van der Waals surface area contributed by atoms with E-state index in [1.165, 1.54) is 18.2 Å². The van der Waals surface area contributed by atoms with E-state index in [4.69, 9.17) is 16.3 Å². The van der Waals surface area contributed by atoms with Crippen molar-refractivity contribution in [1.82, 2.24) is 9.80 Å². The van der Waals surface area contributed by atoms with Gasteiger partial charge in [0.25, 0.3) is 17.4 Å². The lowest BCUT2D eigenvalue weighted by molar-refractivity contribution is -0.262. The van der Waals surface area contributed by atoms with Gasteiger partial charge in [0.2, 0.25) is 0 Å². The zero-order chi connectivity index (χ0) is 28.2. The first kappa shape index (κ1) is 29.2. The van der Waals surface area contributed by atoms with Crippen LogP contribution < -0.4 is 4.74 Å². The fraction of sp³-hybridized carbons (Fsp3) is 0.517.